The van der Waals surface area contributed by atoms with Gasteiger partial charge in [0, 0.05) is 31.6 Å². The molecular formula is C9H9ClN4O. The lowest BCUT2D eigenvalue weighted by molar-refractivity contribution is 0.714. The van der Waals surface area contributed by atoms with Gasteiger partial charge in [-0.25, -0.2) is 4.68 Å². The zero-order valence-corrected chi connectivity index (χ0v) is 8.85. The third-order valence-corrected chi connectivity index (χ3v) is 2.19. The summed E-state index contributed by atoms with van der Waals surface area (Å²) in [6.45, 7) is 0. The van der Waals surface area contributed by atoms with Crippen molar-refractivity contribution < 1.29 is 0 Å². The van der Waals surface area contributed by atoms with Gasteiger partial charge in [0.05, 0.1) is 5.88 Å². The number of nitrogens with zero attached hydrogens (tertiary/aromatic N) is 4. The summed E-state index contributed by atoms with van der Waals surface area (Å²) in [7, 11) is 1.81. The van der Waals surface area contributed by atoms with Gasteiger partial charge in [0.15, 0.2) is 5.82 Å². The summed E-state index contributed by atoms with van der Waals surface area (Å²) in [6.07, 6.45) is 3.37. The zero-order chi connectivity index (χ0) is 10.8. The maximum atomic E-state index is 11.3. The van der Waals surface area contributed by atoms with Crippen LogP contribution in [0.5, 0.6) is 0 Å². The normalized spacial score (nSPS) is 10.5. The molecule has 5 nitrogen and oxygen atoms in total. The molecule has 0 radical (unpaired) electrons. The van der Waals surface area contributed by atoms with Gasteiger partial charge in [0.25, 0.3) is 0 Å². The fourth-order valence-corrected chi connectivity index (χ4v) is 1.38. The maximum absolute atomic E-state index is 11.3. The molecule has 0 unspecified atom stereocenters. The molecule has 0 saturated heterocycles. The van der Waals surface area contributed by atoms with Crippen molar-refractivity contribution in [2.24, 2.45) is 7.05 Å². The van der Waals surface area contributed by atoms with Crippen LogP contribution in [0.4, 0.5) is 0 Å². The van der Waals surface area contributed by atoms with Gasteiger partial charge in [-0.1, -0.05) is 0 Å². The van der Waals surface area contributed by atoms with Gasteiger partial charge in [-0.3, -0.25) is 9.48 Å². The number of aryl methyl sites for hydroxylation is 1. The van der Waals surface area contributed by atoms with E-state index in [4.69, 9.17) is 11.6 Å². The van der Waals surface area contributed by atoms with E-state index in [0.29, 0.717) is 11.5 Å². The van der Waals surface area contributed by atoms with Gasteiger partial charge in [-0.2, -0.15) is 10.2 Å². The van der Waals surface area contributed by atoms with E-state index >= 15 is 0 Å². The molecule has 0 aliphatic rings. The van der Waals surface area contributed by atoms with Gasteiger partial charge in [0.1, 0.15) is 5.69 Å². The molecule has 2 heterocycles. The molecule has 2 aromatic rings. The smallest absolute Gasteiger partial charge is 0.204 e. The predicted octanol–water partition coefficient (Wildman–Crippen LogP) is 0.705. The van der Waals surface area contributed by atoms with E-state index in [1.165, 1.54) is 10.7 Å². The van der Waals surface area contributed by atoms with Gasteiger partial charge >= 0.3 is 0 Å². The second-order valence-corrected chi connectivity index (χ2v) is 3.32. The van der Waals surface area contributed by atoms with Crippen molar-refractivity contribution in [3.8, 4) is 5.82 Å². The Balaban J connectivity index is 2.50. The highest BCUT2D eigenvalue weighted by molar-refractivity contribution is 6.16. The van der Waals surface area contributed by atoms with E-state index in [9.17, 15) is 4.79 Å². The summed E-state index contributed by atoms with van der Waals surface area (Å²) in [6, 6.07) is 3.23. The van der Waals surface area contributed by atoms with Crippen LogP contribution in [0.15, 0.2) is 29.3 Å². The van der Waals surface area contributed by atoms with Crippen LogP contribution >= 0.6 is 11.6 Å². The summed E-state index contributed by atoms with van der Waals surface area (Å²) < 4.78 is 3.19. The van der Waals surface area contributed by atoms with E-state index < -0.39 is 0 Å². The van der Waals surface area contributed by atoms with Crippen LogP contribution in [0.2, 0.25) is 0 Å². The lowest BCUT2D eigenvalue weighted by atomic mass is 10.4. The first-order chi connectivity index (χ1) is 7.20. The molecule has 0 fully saturated rings. The minimum Gasteiger partial charge on any atom is -0.288 e. The Morgan fingerprint density at radius 3 is 2.73 bits per heavy atom. The molecule has 0 spiro atoms. The average Bonchev–Trinajstić information content (AvgIpc) is 2.66. The molecule has 6 heteroatoms. The molecule has 0 aliphatic carbocycles. The molecular weight excluding hydrogens is 216 g/mol. The number of hydrogen-bond donors (Lipinski definition) is 0. The van der Waals surface area contributed by atoms with Crippen LogP contribution in [0.25, 0.3) is 5.82 Å². The minimum absolute atomic E-state index is 0.104. The highest BCUT2D eigenvalue weighted by atomic mass is 35.5. The molecule has 78 valence electrons. The van der Waals surface area contributed by atoms with Gasteiger partial charge in [-0.05, 0) is 0 Å². The highest BCUT2D eigenvalue weighted by Crippen LogP contribution is 2.01. The lowest BCUT2D eigenvalue weighted by Gasteiger charge is -2.01. The van der Waals surface area contributed by atoms with Crippen molar-refractivity contribution in [3.63, 3.8) is 0 Å². The Hall–Kier alpha value is -1.62. The second-order valence-electron chi connectivity index (χ2n) is 3.05. The Kier molecular flexibility index (Phi) is 2.55. The largest absolute Gasteiger partial charge is 0.288 e. The van der Waals surface area contributed by atoms with Crippen molar-refractivity contribution in [3.05, 3.63) is 40.4 Å². The van der Waals surface area contributed by atoms with Crippen LogP contribution < -0.4 is 5.43 Å². The number of aromatic nitrogens is 4. The van der Waals surface area contributed by atoms with Crippen LogP contribution in [0, 0.1) is 0 Å². The summed E-state index contributed by atoms with van der Waals surface area (Å²) in [5.41, 5.74) is 0.169. The first kappa shape index (κ1) is 9.92. The highest BCUT2D eigenvalue weighted by Gasteiger charge is 2.03. The third-order valence-electron chi connectivity index (χ3n) is 1.94. The Labute approximate surface area is 90.9 Å². The lowest BCUT2D eigenvalue weighted by Crippen LogP contribution is -2.14. The Bertz CT molecular complexity index is 531. The molecule has 15 heavy (non-hydrogen) atoms. The van der Waals surface area contributed by atoms with E-state index in [-0.39, 0.29) is 11.3 Å². The summed E-state index contributed by atoms with van der Waals surface area (Å²) in [5, 5.41) is 8.23. The average molecular weight is 225 g/mol. The summed E-state index contributed by atoms with van der Waals surface area (Å²) in [4.78, 5) is 11.3. The molecule has 2 rings (SSSR count). The third kappa shape index (κ3) is 1.92. The van der Waals surface area contributed by atoms with E-state index in [2.05, 4.69) is 10.2 Å². The maximum Gasteiger partial charge on any atom is 0.204 e. The van der Waals surface area contributed by atoms with Crippen LogP contribution in [0.3, 0.4) is 0 Å². The van der Waals surface area contributed by atoms with Gasteiger partial charge < -0.3 is 0 Å². The van der Waals surface area contributed by atoms with E-state index in [0.717, 1.165) is 0 Å². The molecule has 0 N–H and O–H groups in total. The SMILES string of the molecule is Cn1ccc(-n2ccc(=O)c(CCl)n2)n1. The molecule has 2 aromatic heterocycles. The molecule has 0 aliphatic heterocycles. The minimum atomic E-state index is -0.155. The van der Waals surface area contributed by atoms with Crippen molar-refractivity contribution >= 4 is 11.6 Å². The molecule has 0 saturated carbocycles. The second kappa shape index (κ2) is 3.86. The molecule has 0 bridgehead atoms. The summed E-state index contributed by atoms with van der Waals surface area (Å²) in [5.74, 6) is 0.760. The molecule has 0 atom stereocenters. The molecule has 0 amide bonds. The first-order valence-electron chi connectivity index (χ1n) is 4.35. The van der Waals surface area contributed by atoms with Crippen molar-refractivity contribution in [1.29, 1.82) is 0 Å². The monoisotopic (exact) mass is 224 g/mol. The predicted molar refractivity (Wildman–Crippen MR) is 56.2 cm³/mol. The van der Waals surface area contributed by atoms with E-state index in [1.54, 1.807) is 23.1 Å². The van der Waals surface area contributed by atoms with E-state index in [1.807, 2.05) is 7.05 Å². The zero-order valence-electron chi connectivity index (χ0n) is 8.09. The van der Waals surface area contributed by atoms with Gasteiger partial charge in [-0.15, -0.1) is 11.6 Å². The quantitative estimate of drug-likeness (QED) is 0.706. The van der Waals surface area contributed by atoms with Crippen LogP contribution in [-0.4, -0.2) is 19.6 Å². The van der Waals surface area contributed by atoms with Crippen molar-refractivity contribution in [2.45, 2.75) is 5.88 Å². The van der Waals surface area contributed by atoms with Crippen LogP contribution in [0.1, 0.15) is 5.69 Å². The van der Waals surface area contributed by atoms with Crippen molar-refractivity contribution in [1.82, 2.24) is 19.6 Å². The first-order valence-corrected chi connectivity index (χ1v) is 4.89. The van der Waals surface area contributed by atoms with Crippen molar-refractivity contribution in [2.75, 3.05) is 0 Å². The van der Waals surface area contributed by atoms with Crippen LogP contribution in [-0.2, 0) is 12.9 Å². The Morgan fingerprint density at radius 1 is 1.33 bits per heavy atom. The fraction of sp³-hybridized carbons (Fsp3) is 0.222. The topological polar surface area (TPSA) is 52.7 Å². The summed E-state index contributed by atoms with van der Waals surface area (Å²) >= 11 is 5.60. The fourth-order valence-electron chi connectivity index (χ4n) is 1.19. The number of hydrogen-bond acceptors (Lipinski definition) is 3. The number of halogens is 1. The Morgan fingerprint density at radius 2 is 2.13 bits per heavy atom. The standard InChI is InChI=1S/C9H9ClN4O/c1-13-4-3-9(12-13)14-5-2-8(15)7(6-10)11-14/h2-5H,6H2,1H3. The number of alkyl halides is 1. The molecule has 0 aromatic carbocycles. The number of rotatable bonds is 2. The van der Waals surface area contributed by atoms with Gasteiger partial charge in [0.2, 0.25) is 5.43 Å².